The summed E-state index contributed by atoms with van der Waals surface area (Å²) in [6.45, 7) is 4.73. The van der Waals surface area contributed by atoms with Gasteiger partial charge in [-0.25, -0.2) is 0 Å². The summed E-state index contributed by atoms with van der Waals surface area (Å²) >= 11 is 0. The zero-order valence-electron chi connectivity index (χ0n) is 36.5. The fourth-order valence-electron chi connectivity index (χ4n) is 12.4. The highest BCUT2D eigenvalue weighted by atomic mass is 16.3. The summed E-state index contributed by atoms with van der Waals surface area (Å²) in [5.74, 6) is 0. The monoisotopic (exact) mass is 841 g/mol. The van der Waals surface area contributed by atoms with E-state index in [1.165, 1.54) is 82.6 Å². The molecule has 0 saturated heterocycles. The topological polar surface area (TPSA) is 24.6 Å². The molecule has 2 aliphatic heterocycles. The molecule has 15 rings (SSSR count). The van der Waals surface area contributed by atoms with Crippen LogP contribution in [0.25, 0.3) is 76.8 Å². The molecule has 4 heterocycles. The molecule has 0 atom stereocenters. The van der Waals surface area contributed by atoms with Crippen molar-refractivity contribution in [2.75, 3.05) is 9.80 Å². The fourth-order valence-corrected chi connectivity index (χ4v) is 12.4. The van der Waals surface area contributed by atoms with Gasteiger partial charge in [-0.2, -0.15) is 0 Å². The second-order valence-corrected chi connectivity index (χ2v) is 18.8. The summed E-state index contributed by atoms with van der Waals surface area (Å²) < 4.78 is 9.74. The highest BCUT2D eigenvalue weighted by Crippen LogP contribution is 2.58. The summed E-state index contributed by atoms with van der Waals surface area (Å²) in [6, 6.07) is 76.1. The summed E-state index contributed by atoms with van der Waals surface area (Å²) in [4.78, 5) is 4.99. The number of nitrogens with zero attached hydrogens (tertiary/aromatic N) is 3. The predicted octanol–water partition coefficient (Wildman–Crippen LogP) is 15.0. The third-order valence-corrected chi connectivity index (χ3v) is 15.1. The first kappa shape index (κ1) is 36.1. The van der Waals surface area contributed by atoms with Crippen LogP contribution in [0, 0.1) is 0 Å². The van der Waals surface area contributed by atoms with Crippen molar-refractivity contribution in [3.63, 3.8) is 0 Å². The number of fused-ring (bicyclic) bond motifs is 16. The largest absolute Gasteiger partial charge is 0.454 e. The molecule has 10 aromatic carbocycles. The lowest BCUT2D eigenvalue weighted by molar-refractivity contribution is 0.659. The first-order valence-electron chi connectivity index (χ1n) is 23.1. The SMILES string of the molecule is CC1(C)c2ccccc2-c2cc3c4c(c21)N(c1cccc2c1oc1ccccc12)c1cc(N(c2ccccc2)c2ccccc2)ccc1B4n1c2ccc4ccccc4c2c2cccc-3c21. The Balaban J connectivity index is 1.14. The highest BCUT2D eigenvalue weighted by molar-refractivity contribution is 6.90. The van der Waals surface area contributed by atoms with E-state index in [0.717, 1.165) is 50.4 Å². The van der Waals surface area contributed by atoms with Crippen LogP contribution in [0.1, 0.15) is 25.0 Å². The van der Waals surface area contributed by atoms with Gasteiger partial charge >= 0.3 is 6.85 Å². The van der Waals surface area contributed by atoms with Crippen molar-refractivity contribution >= 4 is 106 Å². The molecule has 1 aliphatic carbocycles. The molecule has 0 saturated carbocycles. The van der Waals surface area contributed by atoms with E-state index in [1.54, 1.807) is 0 Å². The molecule has 4 nitrogen and oxygen atoms in total. The molecule has 0 bridgehead atoms. The first-order valence-corrected chi connectivity index (χ1v) is 23.1. The maximum atomic E-state index is 7.05. The molecule has 0 unspecified atom stereocenters. The van der Waals surface area contributed by atoms with E-state index >= 15 is 0 Å². The Labute approximate surface area is 382 Å². The molecular weight excluding hydrogens is 802 g/mol. The summed E-state index contributed by atoms with van der Waals surface area (Å²) in [7, 11) is 0. The van der Waals surface area contributed by atoms with E-state index in [9.17, 15) is 0 Å². The van der Waals surface area contributed by atoms with Gasteiger partial charge in [-0.1, -0.05) is 159 Å². The maximum Gasteiger partial charge on any atom is 0.333 e. The number of anilines is 6. The predicted molar refractivity (Wildman–Crippen MR) is 277 cm³/mol. The lowest BCUT2D eigenvalue weighted by atomic mass is 9.44. The normalized spacial score (nSPS) is 14.0. The van der Waals surface area contributed by atoms with Gasteiger partial charge in [0.25, 0.3) is 0 Å². The number of hydrogen-bond donors (Lipinski definition) is 0. The molecule has 3 aliphatic rings. The minimum atomic E-state index is -0.322. The van der Waals surface area contributed by atoms with Crippen LogP contribution in [-0.4, -0.2) is 11.3 Å². The van der Waals surface area contributed by atoms with Crippen molar-refractivity contribution in [1.29, 1.82) is 0 Å². The number of aromatic nitrogens is 1. The van der Waals surface area contributed by atoms with Crippen molar-refractivity contribution < 1.29 is 4.42 Å². The molecule has 0 spiro atoms. The molecular formula is C61H40BN3O. The zero-order chi connectivity index (χ0) is 43.4. The highest BCUT2D eigenvalue weighted by Gasteiger charge is 2.49. The van der Waals surface area contributed by atoms with Crippen molar-refractivity contribution in [3.8, 4) is 22.3 Å². The Morgan fingerprint density at radius 2 is 1.18 bits per heavy atom. The number of hydrogen-bond acceptors (Lipinski definition) is 3. The van der Waals surface area contributed by atoms with Gasteiger partial charge in [-0.3, -0.25) is 0 Å². The Hall–Kier alpha value is -8.28. The smallest absolute Gasteiger partial charge is 0.333 e. The number of benzene rings is 10. The van der Waals surface area contributed by atoms with Crippen LogP contribution in [0.3, 0.4) is 0 Å². The molecule has 2 aromatic heterocycles. The van der Waals surface area contributed by atoms with Gasteiger partial charge < -0.3 is 18.7 Å². The molecule has 308 valence electrons. The molecule has 0 fully saturated rings. The van der Waals surface area contributed by atoms with Crippen LogP contribution in [0.2, 0.25) is 0 Å². The van der Waals surface area contributed by atoms with E-state index in [4.69, 9.17) is 4.42 Å². The summed E-state index contributed by atoms with van der Waals surface area (Å²) in [6.07, 6.45) is 0. The van der Waals surface area contributed by atoms with Crippen molar-refractivity contribution in [3.05, 3.63) is 217 Å². The maximum absolute atomic E-state index is 7.05. The van der Waals surface area contributed by atoms with E-state index in [0.29, 0.717) is 0 Å². The lowest BCUT2D eigenvalue weighted by Gasteiger charge is -2.43. The van der Waals surface area contributed by atoms with Crippen LogP contribution in [-0.2, 0) is 5.41 Å². The average Bonchev–Trinajstić information content (AvgIpc) is 3.99. The Morgan fingerprint density at radius 3 is 2.02 bits per heavy atom. The van der Waals surface area contributed by atoms with Crippen LogP contribution in [0.4, 0.5) is 34.1 Å². The third-order valence-electron chi connectivity index (χ3n) is 15.1. The molecule has 66 heavy (non-hydrogen) atoms. The van der Waals surface area contributed by atoms with Crippen molar-refractivity contribution in [2.45, 2.75) is 19.3 Å². The molecule has 12 aromatic rings. The van der Waals surface area contributed by atoms with Gasteiger partial charge in [0.15, 0.2) is 5.58 Å². The minimum absolute atomic E-state index is 0.132. The quantitative estimate of drug-likeness (QED) is 0.165. The molecule has 0 N–H and O–H groups in total. The Morgan fingerprint density at radius 1 is 0.500 bits per heavy atom. The lowest BCUT2D eigenvalue weighted by Crippen LogP contribution is -2.57. The second-order valence-electron chi connectivity index (χ2n) is 18.8. The molecule has 0 amide bonds. The van der Waals surface area contributed by atoms with E-state index < -0.39 is 0 Å². The fraction of sp³-hybridized carbons (Fsp3) is 0.0492. The van der Waals surface area contributed by atoms with Crippen LogP contribution in [0.5, 0.6) is 0 Å². The molecule has 5 heteroatoms. The molecule has 0 radical (unpaired) electrons. The van der Waals surface area contributed by atoms with Crippen LogP contribution < -0.4 is 20.7 Å². The number of furan rings is 1. The van der Waals surface area contributed by atoms with Crippen molar-refractivity contribution in [1.82, 2.24) is 4.48 Å². The first-order chi connectivity index (χ1) is 32.5. The van der Waals surface area contributed by atoms with Gasteiger partial charge in [0.05, 0.1) is 5.69 Å². The van der Waals surface area contributed by atoms with Gasteiger partial charge in [-0.05, 0) is 110 Å². The van der Waals surface area contributed by atoms with E-state index in [2.05, 4.69) is 234 Å². The zero-order valence-corrected chi connectivity index (χ0v) is 36.5. The Bertz CT molecular complexity index is 4010. The van der Waals surface area contributed by atoms with Crippen molar-refractivity contribution in [2.24, 2.45) is 0 Å². The number of rotatable bonds is 4. The van der Waals surface area contributed by atoms with Crippen LogP contribution in [0.15, 0.2) is 211 Å². The van der Waals surface area contributed by atoms with Gasteiger partial charge in [0, 0.05) is 72.0 Å². The minimum Gasteiger partial charge on any atom is -0.454 e. The third kappa shape index (κ3) is 4.59. The van der Waals surface area contributed by atoms with E-state index in [1.807, 2.05) is 0 Å². The van der Waals surface area contributed by atoms with Gasteiger partial charge in [-0.15, -0.1) is 0 Å². The standard InChI is InChI=1S/C61H40BN3O/c1-61(2)49-28-13-11-23-42(49)47-36-48-44-25-15-27-46-55-41-22-10-9-17-37(41)31-34-51(55)65(58(44)46)62-50-33-32-40(63(38-18-5-3-6-19-38)39-20-7-4-8-21-39)35-53(50)64(59(56(47)61)57(48)62)52-29-16-26-45-43-24-12-14-30-54(43)66-60(45)52/h3-36H,1-2H3. The van der Waals surface area contributed by atoms with Gasteiger partial charge in [0.1, 0.15) is 5.58 Å². The second kappa shape index (κ2) is 12.9. The van der Waals surface area contributed by atoms with Gasteiger partial charge in [0.2, 0.25) is 0 Å². The summed E-state index contributed by atoms with van der Waals surface area (Å²) in [5.41, 5.74) is 21.1. The number of para-hydroxylation sites is 5. The average molecular weight is 842 g/mol. The van der Waals surface area contributed by atoms with Crippen LogP contribution >= 0.6 is 0 Å². The summed E-state index contributed by atoms with van der Waals surface area (Å²) in [5, 5.41) is 7.37. The Kier molecular flexibility index (Phi) is 7.07. The van der Waals surface area contributed by atoms with E-state index in [-0.39, 0.29) is 12.3 Å².